The Labute approximate surface area is 137 Å². The highest BCUT2D eigenvalue weighted by atomic mass is 16.5. The number of ether oxygens (including phenoxy) is 1. The SMILES string of the molecule is COCC1(CC(=O)c2cncn2[C@H](C)c2ccccc2)CCC1. The molecule has 0 bridgehead atoms. The van der Waals surface area contributed by atoms with E-state index in [1.807, 2.05) is 22.8 Å². The summed E-state index contributed by atoms with van der Waals surface area (Å²) in [5.41, 5.74) is 1.91. The summed E-state index contributed by atoms with van der Waals surface area (Å²) in [4.78, 5) is 17.0. The molecule has 0 spiro atoms. The van der Waals surface area contributed by atoms with E-state index in [0.717, 1.165) is 12.8 Å². The predicted molar refractivity (Wildman–Crippen MR) is 89.6 cm³/mol. The molecule has 2 aromatic rings. The number of Topliss-reactive ketones (excluding diaryl/α,β-unsaturated/α-hetero) is 1. The summed E-state index contributed by atoms with van der Waals surface area (Å²) in [6.07, 6.45) is 7.35. The number of carbonyl (C=O) groups is 1. The van der Waals surface area contributed by atoms with Gasteiger partial charge in [0.1, 0.15) is 5.69 Å². The zero-order valence-electron chi connectivity index (χ0n) is 13.9. The summed E-state index contributed by atoms with van der Waals surface area (Å²) in [5, 5.41) is 0. The van der Waals surface area contributed by atoms with Gasteiger partial charge in [-0.15, -0.1) is 0 Å². The van der Waals surface area contributed by atoms with Crippen molar-refractivity contribution in [3.8, 4) is 0 Å². The number of aromatic nitrogens is 2. The molecular weight excluding hydrogens is 288 g/mol. The lowest BCUT2D eigenvalue weighted by atomic mass is 9.66. The Balaban J connectivity index is 1.79. The van der Waals surface area contributed by atoms with E-state index in [-0.39, 0.29) is 17.2 Å². The Morgan fingerprint density at radius 1 is 1.35 bits per heavy atom. The highest BCUT2D eigenvalue weighted by molar-refractivity contribution is 5.95. The molecule has 0 N–H and O–H groups in total. The molecule has 23 heavy (non-hydrogen) atoms. The lowest BCUT2D eigenvalue weighted by molar-refractivity contribution is 0.0121. The van der Waals surface area contributed by atoms with Crippen molar-refractivity contribution in [2.45, 2.75) is 38.6 Å². The molecule has 1 aliphatic rings. The summed E-state index contributed by atoms with van der Waals surface area (Å²) < 4.78 is 7.32. The smallest absolute Gasteiger partial charge is 0.181 e. The predicted octanol–water partition coefficient (Wildman–Crippen LogP) is 3.88. The molecule has 0 amide bonds. The number of benzene rings is 1. The van der Waals surface area contributed by atoms with Crippen molar-refractivity contribution >= 4 is 5.78 Å². The monoisotopic (exact) mass is 312 g/mol. The van der Waals surface area contributed by atoms with Crippen LogP contribution in [0.3, 0.4) is 0 Å². The van der Waals surface area contributed by atoms with Crippen molar-refractivity contribution < 1.29 is 9.53 Å². The quantitative estimate of drug-likeness (QED) is 0.729. The summed E-state index contributed by atoms with van der Waals surface area (Å²) in [7, 11) is 1.71. The molecule has 1 aromatic carbocycles. The molecule has 3 rings (SSSR count). The van der Waals surface area contributed by atoms with Gasteiger partial charge in [0.2, 0.25) is 0 Å². The Hall–Kier alpha value is -1.94. The van der Waals surface area contributed by atoms with Crippen molar-refractivity contribution in [2.24, 2.45) is 5.41 Å². The van der Waals surface area contributed by atoms with E-state index in [4.69, 9.17) is 4.74 Å². The van der Waals surface area contributed by atoms with Crippen LogP contribution in [0.5, 0.6) is 0 Å². The largest absolute Gasteiger partial charge is 0.384 e. The van der Waals surface area contributed by atoms with Gasteiger partial charge in [-0.3, -0.25) is 4.79 Å². The Morgan fingerprint density at radius 2 is 2.09 bits per heavy atom. The maximum Gasteiger partial charge on any atom is 0.181 e. The van der Waals surface area contributed by atoms with E-state index in [2.05, 4.69) is 24.0 Å². The van der Waals surface area contributed by atoms with Gasteiger partial charge in [-0.25, -0.2) is 4.98 Å². The lowest BCUT2D eigenvalue weighted by Gasteiger charge is -2.40. The van der Waals surface area contributed by atoms with Crippen molar-refractivity contribution in [1.82, 2.24) is 9.55 Å². The fraction of sp³-hybridized carbons (Fsp3) is 0.474. The molecule has 1 atom stereocenters. The third kappa shape index (κ3) is 3.22. The zero-order chi connectivity index (χ0) is 16.3. The van der Waals surface area contributed by atoms with Gasteiger partial charge in [0.05, 0.1) is 25.2 Å². The molecule has 0 unspecified atom stereocenters. The molecular formula is C19H24N2O2. The van der Waals surface area contributed by atoms with Crippen LogP contribution < -0.4 is 0 Å². The van der Waals surface area contributed by atoms with Crippen molar-refractivity contribution in [1.29, 1.82) is 0 Å². The van der Waals surface area contributed by atoms with Gasteiger partial charge in [0.25, 0.3) is 0 Å². The van der Waals surface area contributed by atoms with E-state index in [1.165, 1.54) is 12.0 Å². The highest BCUT2D eigenvalue weighted by Gasteiger charge is 2.39. The average Bonchev–Trinajstić information content (AvgIpc) is 3.02. The number of carbonyl (C=O) groups excluding carboxylic acids is 1. The molecule has 0 radical (unpaired) electrons. The first-order chi connectivity index (χ1) is 11.2. The fourth-order valence-corrected chi connectivity index (χ4v) is 3.51. The second-order valence-electron chi connectivity index (χ2n) is 6.66. The number of imidazole rings is 1. The maximum atomic E-state index is 12.8. The molecule has 0 aliphatic heterocycles. The van der Waals surface area contributed by atoms with Crippen LogP contribution in [-0.4, -0.2) is 29.1 Å². The number of hydrogen-bond donors (Lipinski definition) is 0. The molecule has 1 saturated carbocycles. The molecule has 1 heterocycles. The van der Waals surface area contributed by atoms with Crippen LogP contribution in [0.2, 0.25) is 0 Å². The first kappa shape index (κ1) is 15.9. The molecule has 0 saturated heterocycles. The third-order valence-electron chi connectivity index (χ3n) is 5.05. The lowest BCUT2D eigenvalue weighted by Crippen LogP contribution is -2.36. The van der Waals surface area contributed by atoms with Crippen molar-refractivity contribution in [3.63, 3.8) is 0 Å². The van der Waals surface area contributed by atoms with Crippen LogP contribution >= 0.6 is 0 Å². The second-order valence-corrected chi connectivity index (χ2v) is 6.66. The highest BCUT2D eigenvalue weighted by Crippen LogP contribution is 2.44. The fourth-order valence-electron chi connectivity index (χ4n) is 3.51. The number of ketones is 1. The topological polar surface area (TPSA) is 44.1 Å². The number of methoxy groups -OCH3 is 1. The minimum absolute atomic E-state index is 0.0386. The molecule has 1 fully saturated rings. The van der Waals surface area contributed by atoms with E-state index in [0.29, 0.717) is 18.7 Å². The Morgan fingerprint density at radius 3 is 2.70 bits per heavy atom. The number of nitrogens with zero attached hydrogens (tertiary/aromatic N) is 2. The zero-order valence-corrected chi connectivity index (χ0v) is 13.9. The summed E-state index contributed by atoms with van der Waals surface area (Å²) in [6, 6.07) is 10.3. The van der Waals surface area contributed by atoms with Gasteiger partial charge in [-0.2, -0.15) is 0 Å². The molecule has 122 valence electrons. The van der Waals surface area contributed by atoms with Crippen LogP contribution in [0.4, 0.5) is 0 Å². The number of rotatable bonds is 7. The standard InChI is InChI=1S/C19H24N2O2/c1-15(16-7-4-3-5-8-16)21-14-20-12-17(21)18(22)11-19(13-23-2)9-6-10-19/h3-5,7-8,12,14-15H,6,9-11,13H2,1-2H3/t15-/m1/s1. The summed E-state index contributed by atoms with van der Waals surface area (Å²) in [5.74, 6) is 0.169. The maximum absolute atomic E-state index is 12.8. The molecule has 4 nitrogen and oxygen atoms in total. The second kappa shape index (κ2) is 6.67. The molecule has 4 heteroatoms. The van der Waals surface area contributed by atoms with Gasteiger partial charge >= 0.3 is 0 Å². The summed E-state index contributed by atoms with van der Waals surface area (Å²) in [6.45, 7) is 2.77. The van der Waals surface area contributed by atoms with Crippen molar-refractivity contribution in [2.75, 3.05) is 13.7 Å². The van der Waals surface area contributed by atoms with Gasteiger partial charge in [0.15, 0.2) is 5.78 Å². The van der Waals surface area contributed by atoms with Crippen molar-refractivity contribution in [3.05, 3.63) is 54.1 Å². The number of hydrogen-bond acceptors (Lipinski definition) is 3. The normalized spacial score (nSPS) is 17.5. The molecule has 1 aliphatic carbocycles. The van der Waals surface area contributed by atoms with E-state index < -0.39 is 0 Å². The van der Waals surface area contributed by atoms with Gasteiger partial charge in [0, 0.05) is 18.9 Å². The van der Waals surface area contributed by atoms with E-state index in [1.54, 1.807) is 19.6 Å². The van der Waals surface area contributed by atoms with Crippen LogP contribution in [0.1, 0.15) is 54.7 Å². The molecule has 1 aromatic heterocycles. The van der Waals surface area contributed by atoms with E-state index in [9.17, 15) is 4.79 Å². The summed E-state index contributed by atoms with van der Waals surface area (Å²) >= 11 is 0. The van der Waals surface area contributed by atoms with Crippen LogP contribution in [0.25, 0.3) is 0 Å². The van der Waals surface area contributed by atoms with E-state index >= 15 is 0 Å². The average molecular weight is 312 g/mol. The van der Waals surface area contributed by atoms with Gasteiger partial charge in [-0.1, -0.05) is 36.8 Å². The minimum atomic E-state index is 0.0386. The Kier molecular flexibility index (Phi) is 4.62. The van der Waals surface area contributed by atoms with Crippen LogP contribution in [0.15, 0.2) is 42.9 Å². The first-order valence-electron chi connectivity index (χ1n) is 8.24. The van der Waals surface area contributed by atoms with Gasteiger partial charge in [-0.05, 0) is 25.3 Å². The van der Waals surface area contributed by atoms with Crippen LogP contribution in [0, 0.1) is 5.41 Å². The van der Waals surface area contributed by atoms with Gasteiger partial charge < -0.3 is 9.30 Å². The first-order valence-corrected chi connectivity index (χ1v) is 8.24. The minimum Gasteiger partial charge on any atom is -0.384 e. The van der Waals surface area contributed by atoms with Crippen LogP contribution in [-0.2, 0) is 4.74 Å². The third-order valence-corrected chi connectivity index (χ3v) is 5.05. The Bertz CT molecular complexity index is 659.